The fourth-order valence-corrected chi connectivity index (χ4v) is 3.13. The van der Waals surface area contributed by atoms with Gasteiger partial charge in [-0.15, -0.1) is 0 Å². The maximum absolute atomic E-state index is 13.0. The Kier molecular flexibility index (Phi) is 7.29. The van der Waals surface area contributed by atoms with E-state index in [9.17, 15) is 22.8 Å². The number of carbonyl (C=O) groups excluding carboxylic acids is 2. The molecule has 0 bridgehead atoms. The van der Waals surface area contributed by atoms with Gasteiger partial charge in [0.2, 0.25) is 5.88 Å². The molecule has 0 radical (unpaired) electrons. The Morgan fingerprint density at radius 2 is 1.74 bits per heavy atom. The zero-order chi connectivity index (χ0) is 24.9. The number of hydrogen-bond donors (Lipinski definition) is 1. The predicted molar refractivity (Wildman–Crippen MR) is 118 cm³/mol. The van der Waals surface area contributed by atoms with E-state index in [0.29, 0.717) is 10.9 Å². The molecule has 1 heterocycles. The fourth-order valence-electron chi connectivity index (χ4n) is 3.13. The predicted octanol–water partition coefficient (Wildman–Crippen LogP) is 4.44. The van der Waals surface area contributed by atoms with Crippen molar-refractivity contribution in [1.29, 1.82) is 0 Å². The van der Waals surface area contributed by atoms with Gasteiger partial charge in [-0.25, -0.2) is 9.78 Å². The Balaban J connectivity index is 1.83. The number of halogens is 3. The number of methoxy groups -OCH3 is 1. The van der Waals surface area contributed by atoms with Crippen LogP contribution < -0.4 is 14.8 Å². The van der Waals surface area contributed by atoms with Gasteiger partial charge in [0.25, 0.3) is 5.91 Å². The van der Waals surface area contributed by atoms with Crippen LogP contribution in [0.4, 0.5) is 13.2 Å². The van der Waals surface area contributed by atoms with Gasteiger partial charge >= 0.3 is 12.1 Å². The van der Waals surface area contributed by atoms with Crippen LogP contribution in [0.5, 0.6) is 11.6 Å². The molecular formula is C24H23F3N2O5. The minimum absolute atomic E-state index is 0.0127. The largest absolute Gasteiger partial charge is 0.487 e. The second kappa shape index (κ2) is 9.98. The van der Waals surface area contributed by atoms with Gasteiger partial charge in [0, 0.05) is 23.2 Å². The lowest BCUT2D eigenvalue weighted by atomic mass is 10.0. The Labute approximate surface area is 193 Å². The molecule has 0 aliphatic rings. The van der Waals surface area contributed by atoms with Crippen LogP contribution in [0.25, 0.3) is 10.8 Å². The van der Waals surface area contributed by atoms with E-state index < -0.39 is 30.2 Å². The third-order valence-electron chi connectivity index (χ3n) is 4.81. The summed E-state index contributed by atoms with van der Waals surface area (Å²) < 4.78 is 52.2. The lowest BCUT2D eigenvalue weighted by molar-refractivity contribution is -0.154. The van der Waals surface area contributed by atoms with Crippen LogP contribution in [0, 0.1) is 0 Å². The average molecular weight is 476 g/mol. The molecule has 0 unspecified atom stereocenters. The van der Waals surface area contributed by atoms with Crippen LogP contribution in [0.2, 0.25) is 0 Å². The standard InChI is InChI=1S/C24H23F3N2O5/c1-23(2,22(31)32-3)29-21(30)18-10-9-16-6-4-5-7-17(16)20(18)33-13-15-8-11-19(28-12-15)34-14-24(25,26)27/h4-12H,13-14H2,1-3H3,(H,29,30). The lowest BCUT2D eigenvalue weighted by Crippen LogP contribution is -2.50. The molecule has 1 amide bonds. The van der Waals surface area contributed by atoms with Crippen molar-refractivity contribution in [2.45, 2.75) is 32.2 Å². The van der Waals surface area contributed by atoms with Crippen LogP contribution in [-0.2, 0) is 16.1 Å². The van der Waals surface area contributed by atoms with Gasteiger partial charge in [0.05, 0.1) is 12.7 Å². The molecular weight excluding hydrogens is 453 g/mol. The number of pyridine rings is 1. The monoisotopic (exact) mass is 476 g/mol. The van der Waals surface area contributed by atoms with Gasteiger partial charge in [-0.05, 0) is 31.4 Å². The number of aromatic nitrogens is 1. The molecule has 0 saturated carbocycles. The molecule has 3 rings (SSSR count). The highest BCUT2D eigenvalue weighted by molar-refractivity contribution is 6.05. The molecule has 0 atom stereocenters. The minimum atomic E-state index is -4.46. The van der Waals surface area contributed by atoms with Crippen molar-refractivity contribution in [3.63, 3.8) is 0 Å². The van der Waals surface area contributed by atoms with Crippen LogP contribution in [0.15, 0.2) is 54.7 Å². The molecule has 0 aliphatic carbocycles. The number of benzene rings is 2. The van der Waals surface area contributed by atoms with Gasteiger partial charge in [0.15, 0.2) is 6.61 Å². The molecule has 180 valence electrons. The quantitative estimate of drug-likeness (QED) is 0.484. The third-order valence-corrected chi connectivity index (χ3v) is 4.81. The number of ether oxygens (including phenoxy) is 3. The van der Waals surface area contributed by atoms with Crippen molar-refractivity contribution in [3.8, 4) is 11.6 Å². The van der Waals surface area contributed by atoms with E-state index in [4.69, 9.17) is 9.47 Å². The summed E-state index contributed by atoms with van der Waals surface area (Å²) in [4.78, 5) is 28.9. The number of alkyl halides is 3. The summed E-state index contributed by atoms with van der Waals surface area (Å²) in [5.41, 5.74) is -0.521. The number of fused-ring (bicyclic) bond motifs is 1. The minimum Gasteiger partial charge on any atom is -0.487 e. The maximum Gasteiger partial charge on any atom is 0.422 e. The highest BCUT2D eigenvalue weighted by Gasteiger charge is 2.32. The van der Waals surface area contributed by atoms with Crippen molar-refractivity contribution < 1.29 is 37.0 Å². The van der Waals surface area contributed by atoms with E-state index in [1.165, 1.54) is 39.3 Å². The topological polar surface area (TPSA) is 86.8 Å². The summed E-state index contributed by atoms with van der Waals surface area (Å²) >= 11 is 0. The molecule has 0 fully saturated rings. The summed E-state index contributed by atoms with van der Waals surface area (Å²) in [5, 5.41) is 4.15. The first kappa shape index (κ1) is 24.8. The third kappa shape index (κ3) is 6.15. The van der Waals surface area contributed by atoms with E-state index in [1.54, 1.807) is 24.3 Å². The normalized spacial score (nSPS) is 11.7. The molecule has 0 spiro atoms. The molecule has 10 heteroatoms. The van der Waals surface area contributed by atoms with Gasteiger partial charge in [0.1, 0.15) is 17.9 Å². The summed E-state index contributed by atoms with van der Waals surface area (Å²) in [6.45, 7) is 1.59. The molecule has 0 saturated heterocycles. The van der Waals surface area contributed by atoms with Crippen LogP contribution >= 0.6 is 0 Å². The van der Waals surface area contributed by atoms with Gasteiger partial charge in [-0.3, -0.25) is 4.79 Å². The summed E-state index contributed by atoms with van der Waals surface area (Å²) in [6, 6.07) is 13.5. The highest BCUT2D eigenvalue weighted by atomic mass is 19.4. The zero-order valence-corrected chi connectivity index (χ0v) is 18.7. The molecule has 2 aromatic carbocycles. The summed E-state index contributed by atoms with van der Waals surface area (Å²) in [5.74, 6) is -1.03. The number of amides is 1. The SMILES string of the molecule is COC(=O)C(C)(C)NC(=O)c1ccc2ccccc2c1OCc1ccc(OCC(F)(F)F)nc1. The van der Waals surface area contributed by atoms with Gasteiger partial charge < -0.3 is 19.5 Å². The first-order chi connectivity index (χ1) is 16.0. The fraction of sp³-hybridized carbons (Fsp3) is 0.292. The molecule has 3 aromatic rings. The van der Waals surface area contributed by atoms with Crippen molar-refractivity contribution in [3.05, 3.63) is 65.9 Å². The van der Waals surface area contributed by atoms with Crippen molar-refractivity contribution >= 4 is 22.6 Å². The number of hydrogen-bond acceptors (Lipinski definition) is 6. The van der Waals surface area contributed by atoms with Crippen LogP contribution in [0.3, 0.4) is 0 Å². The lowest BCUT2D eigenvalue weighted by Gasteiger charge is -2.24. The average Bonchev–Trinajstić information content (AvgIpc) is 2.80. The summed E-state index contributed by atoms with van der Waals surface area (Å²) in [7, 11) is 1.23. The maximum atomic E-state index is 13.0. The molecule has 0 aliphatic heterocycles. The number of rotatable bonds is 8. The number of carbonyl (C=O) groups is 2. The molecule has 34 heavy (non-hydrogen) atoms. The van der Waals surface area contributed by atoms with E-state index >= 15 is 0 Å². The number of nitrogens with one attached hydrogen (secondary N) is 1. The second-order valence-corrected chi connectivity index (χ2v) is 7.93. The zero-order valence-electron chi connectivity index (χ0n) is 18.7. The van der Waals surface area contributed by atoms with Crippen LogP contribution in [0.1, 0.15) is 29.8 Å². The number of esters is 1. The Hall–Kier alpha value is -3.82. The van der Waals surface area contributed by atoms with E-state index in [0.717, 1.165) is 5.39 Å². The van der Waals surface area contributed by atoms with Gasteiger partial charge in [-0.1, -0.05) is 30.3 Å². The van der Waals surface area contributed by atoms with E-state index in [-0.39, 0.29) is 23.8 Å². The summed E-state index contributed by atoms with van der Waals surface area (Å²) in [6.07, 6.45) is -3.13. The van der Waals surface area contributed by atoms with E-state index in [1.807, 2.05) is 12.1 Å². The van der Waals surface area contributed by atoms with Gasteiger partial charge in [-0.2, -0.15) is 13.2 Å². The van der Waals surface area contributed by atoms with Crippen molar-refractivity contribution in [2.75, 3.05) is 13.7 Å². The number of nitrogens with zero attached hydrogens (tertiary/aromatic N) is 1. The second-order valence-electron chi connectivity index (χ2n) is 7.93. The van der Waals surface area contributed by atoms with E-state index in [2.05, 4.69) is 15.0 Å². The molecule has 1 N–H and O–H groups in total. The molecule has 1 aromatic heterocycles. The Bertz CT molecular complexity index is 1180. The first-order valence-electron chi connectivity index (χ1n) is 10.2. The Morgan fingerprint density at radius 1 is 1.00 bits per heavy atom. The highest BCUT2D eigenvalue weighted by Crippen LogP contribution is 2.31. The van der Waals surface area contributed by atoms with Crippen LogP contribution in [-0.4, -0.2) is 42.3 Å². The first-order valence-corrected chi connectivity index (χ1v) is 10.2. The molecule has 7 nitrogen and oxygen atoms in total. The Morgan fingerprint density at radius 3 is 2.38 bits per heavy atom. The smallest absolute Gasteiger partial charge is 0.422 e. The van der Waals surface area contributed by atoms with Crippen molar-refractivity contribution in [2.24, 2.45) is 0 Å². The van der Waals surface area contributed by atoms with Crippen molar-refractivity contribution in [1.82, 2.24) is 10.3 Å².